The summed E-state index contributed by atoms with van der Waals surface area (Å²) in [4.78, 5) is 17.4. The minimum absolute atomic E-state index is 0.0977. The highest BCUT2D eigenvalue weighted by Gasteiger charge is 2.33. The Balaban J connectivity index is 1.89. The average molecular weight is 332 g/mol. The van der Waals surface area contributed by atoms with Crippen LogP contribution in [0.1, 0.15) is 36.6 Å². The fraction of sp³-hybridized carbons (Fsp3) is 0.500. The number of aromatic nitrogens is 1. The van der Waals surface area contributed by atoms with Crippen molar-refractivity contribution in [1.29, 1.82) is 0 Å². The largest absolute Gasteiger partial charge is 0.453 e. The quantitative estimate of drug-likeness (QED) is 0.784. The lowest BCUT2D eigenvalue weighted by molar-refractivity contribution is 0.0777. The van der Waals surface area contributed by atoms with Crippen molar-refractivity contribution >= 4 is 17.0 Å². The second kappa shape index (κ2) is 7.23. The van der Waals surface area contributed by atoms with E-state index in [4.69, 9.17) is 9.84 Å². The van der Waals surface area contributed by atoms with Gasteiger partial charge in [0.15, 0.2) is 0 Å². The average Bonchev–Trinajstić information content (AvgIpc) is 3.00. The Morgan fingerprint density at radius 2 is 2.25 bits per heavy atom. The van der Waals surface area contributed by atoms with E-state index in [9.17, 15) is 9.90 Å². The van der Waals surface area contributed by atoms with E-state index in [1.54, 1.807) is 4.90 Å². The zero-order valence-electron chi connectivity index (χ0n) is 13.9. The molecular weight excluding hydrogens is 308 g/mol. The van der Waals surface area contributed by atoms with Crippen LogP contribution in [-0.2, 0) is 11.2 Å². The molecule has 130 valence electrons. The molecule has 1 aromatic carbocycles. The SMILES string of the molecule is COC(=O)N1CCc2c([nH]c3ccccc23)[C@@H]1CCCC(O)CO. The van der Waals surface area contributed by atoms with Gasteiger partial charge in [0.25, 0.3) is 0 Å². The van der Waals surface area contributed by atoms with Crippen LogP contribution in [0.4, 0.5) is 4.79 Å². The molecule has 24 heavy (non-hydrogen) atoms. The van der Waals surface area contributed by atoms with Gasteiger partial charge in [-0.2, -0.15) is 0 Å². The number of ether oxygens (including phenoxy) is 1. The smallest absolute Gasteiger partial charge is 0.410 e. The van der Waals surface area contributed by atoms with Gasteiger partial charge in [-0.15, -0.1) is 0 Å². The van der Waals surface area contributed by atoms with Crippen LogP contribution in [0.2, 0.25) is 0 Å². The number of nitrogens with zero attached hydrogens (tertiary/aromatic N) is 1. The molecule has 1 unspecified atom stereocenters. The Labute approximate surface area is 141 Å². The van der Waals surface area contributed by atoms with Crippen molar-refractivity contribution in [3.8, 4) is 0 Å². The van der Waals surface area contributed by atoms with Gasteiger partial charge in [-0.05, 0) is 37.3 Å². The first-order chi connectivity index (χ1) is 11.7. The van der Waals surface area contributed by atoms with Gasteiger partial charge < -0.3 is 19.9 Å². The number of hydrogen-bond donors (Lipinski definition) is 3. The first-order valence-corrected chi connectivity index (χ1v) is 8.38. The maximum Gasteiger partial charge on any atom is 0.410 e. The molecule has 3 rings (SSSR count). The van der Waals surface area contributed by atoms with E-state index >= 15 is 0 Å². The van der Waals surface area contributed by atoms with E-state index < -0.39 is 6.10 Å². The Bertz CT molecular complexity index is 712. The predicted molar refractivity (Wildman–Crippen MR) is 90.8 cm³/mol. The number of amides is 1. The maximum absolute atomic E-state index is 12.2. The number of carbonyl (C=O) groups is 1. The molecule has 6 heteroatoms. The summed E-state index contributed by atoms with van der Waals surface area (Å²) in [7, 11) is 1.40. The third-order valence-corrected chi connectivity index (χ3v) is 4.79. The van der Waals surface area contributed by atoms with Crippen LogP contribution in [0.15, 0.2) is 24.3 Å². The second-order valence-corrected chi connectivity index (χ2v) is 6.26. The number of rotatable bonds is 5. The number of fused-ring (bicyclic) bond motifs is 3. The number of benzene rings is 1. The summed E-state index contributed by atoms with van der Waals surface area (Å²) in [5.74, 6) is 0. The maximum atomic E-state index is 12.2. The predicted octanol–water partition coefficient (Wildman–Crippen LogP) is 2.36. The number of hydrogen-bond acceptors (Lipinski definition) is 4. The molecule has 1 aromatic heterocycles. The molecule has 6 nitrogen and oxygen atoms in total. The highest BCUT2D eigenvalue weighted by atomic mass is 16.5. The molecule has 0 spiro atoms. The molecule has 0 bridgehead atoms. The van der Waals surface area contributed by atoms with Crippen molar-refractivity contribution in [3.05, 3.63) is 35.5 Å². The fourth-order valence-electron chi connectivity index (χ4n) is 3.59. The molecule has 0 fully saturated rings. The van der Waals surface area contributed by atoms with Crippen LogP contribution in [0.3, 0.4) is 0 Å². The van der Waals surface area contributed by atoms with E-state index in [-0.39, 0.29) is 18.7 Å². The van der Waals surface area contributed by atoms with Crippen molar-refractivity contribution in [2.75, 3.05) is 20.3 Å². The van der Waals surface area contributed by atoms with E-state index in [1.807, 2.05) is 18.2 Å². The topological polar surface area (TPSA) is 85.8 Å². The summed E-state index contributed by atoms with van der Waals surface area (Å²) in [5, 5.41) is 19.7. The van der Waals surface area contributed by atoms with Crippen molar-refractivity contribution in [3.63, 3.8) is 0 Å². The molecule has 1 amide bonds. The zero-order chi connectivity index (χ0) is 17.1. The number of aromatic amines is 1. The van der Waals surface area contributed by atoms with Crippen molar-refractivity contribution < 1.29 is 19.7 Å². The van der Waals surface area contributed by atoms with E-state index in [0.717, 1.165) is 17.6 Å². The van der Waals surface area contributed by atoms with Crippen LogP contribution in [0.25, 0.3) is 10.9 Å². The summed E-state index contributed by atoms with van der Waals surface area (Å²) < 4.78 is 4.94. The van der Waals surface area contributed by atoms with E-state index in [2.05, 4.69) is 11.1 Å². The van der Waals surface area contributed by atoms with Gasteiger partial charge in [0.05, 0.1) is 25.9 Å². The molecule has 3 N–H and O–H groups in total. The Morgan fingerprint density at radius 1 is 1.46 bits per heavy atom. The van der Waals surface area contributed by atoms with Gasteiger partial charge in [-0.3, -0.25) is 4.90 Å². The van der Waals surface area contributed by atoms with Gasteiger partial charge in [0.1, 0.15) is 0 Å². The van der Waals surface area contributed by atoms with Crippen LogP contribution >= 0.6 is 0 Å². The van der Waals surface area contributed by atoms with Crippen molar-refractivity contribution in [2.24, 2.45) is 0 Å². The molecule has 0 saturated heterocycles. The molecule has 1 aliphatic rings. The van der Waals surface area contributed by atoms with Crippen LogP contribution in [0.5, 0.6) is 0 Å². The third-order valence-electron chi connectivity index (χ3n) is 4.79. The van der Waals surface area contributed by atoms with Crippen molar-refractivity contribution in [2.45, 2.75) is 37.8 Å². The Morgan fingerprint density at radius 3 is 3.00 bits per heavy atom. The number of para-hydroxylation sites is 1. The minimum atomic E-state index is -0.706. The summed E-state index contributed by atoms with van der Waals surface area (Å²) in [5.41, 5.74) is 3.40. The first-order valence-electron chi connectivity index (χ1n) is 8.38. The monoisotopic (exact) mass is 332 g/mol. The van der Waals surface area contributed by atoms with Crippen LogP contribution in [-0.4, -0.2) is 52.6 Å². The second-order valence-electron chi connectivity index (χ2n) is 6.26. The van der Waals surface area contributed by atoms with Gasteiger partial charge >= 0.3 is 6.09 Å². The van der Waals surface area contributed by atoms with Crippen molar-refractivity contribution in [1.82, 2.24) is 9.88 Å². The van der Waals surface area contributed by atoms with E-state index in [0.29, 0.717) is 25.8 Å². The molecular formula is C18H24N2O4. The molecule has 0 radical (unpaired) electrons. The first kappa shape index (κ1) is 16.8. The molecule has 1 aliphatic heterocycles. The lowest BCUT2D eigenvalue weighted by Gasteiger charge is -2.35. The number of aliphatic hydroxyl groups is 2. The molecule has 2 heterocycles. The molecule has 0 saturated carbocycles. The summed E-state index contributed by atoms with van der Waals surface area (Å²) >= 11 is 0. The zero-order valence-corrected chi connectivity index (χ0v) is 13.9. The summed E-state index contributed by atoms with van der Waals surface area (Å²) in [6, 6.07) is 8.07. The Kier molecular flexibility index (Phi) is 5.06. The third kappa shape index (κ3) is 3.12. The highest BCUT2D eigenvalue weighted by molar-refractivity contribution is 5.85. The van der Waals surface area contributed by atoms with Gasteiger partial charge in [-0.25, -0.2) is 4.79 Å². The molecule has 2 atom stereocenters. The summed E-state index contributed by atoms with van der Waals surface area (Å²) in [6.07, 6.45) is 1.71. The number of aliphatic hydroxyl groups excluding tert-OH is 2. The van der Waals surface area contributed by atoms with Crippen LogP contribution < -0.4 is 0 Å². The number of nitrogens with one attached hydrogen (secondary N) is 1. The molecule has 2 aromatic rings. The lowest BCUT2D eigenvalue weighted by Crippen LogP contribution is -2.40. The highest BCUT2D eigenvalue weighted by Crippen LogP contribution is 2.37. The molecule has 0 aliphatic carbocycles. The van der Waals surface area contributed by atoms with Gasteiger partial charge in [-0.1, -0.05) is 18.2 Å². The van der Waals surface area contributed by atoms with Crippen LogP contribution in [0, 0.1) is 0 Å². The van der Waals surface area contributed by atoms with E-state index in [1.165, 1.54) is 18.1 Å². The minimum Gasteiger partial charge on any atom is -0.453 e. The fourth-order valence-corrected chi connectivity index (χ4v) is 3.59. The summed E-state index contributed by atoms with van der Waals surface area (Å²) in [6.45, 7) is 0.387. The standard InChI is InChI=1S/C18H24N2O4/c1-24-18(23)20-10-9-14-13-6-2-3-7-15(13)19-17(14)16(20)8-4-5-12(22)11-21/h2-3,6-7,12,16,19,21-22H,4-5,8-11H2,1H3/t12?,16-/m0/s1. The Hall–Kier alpha value is -2.05. The number of H-pyrrole nitrogens is 1. The number of carbonyl (C=O) groups excluding carboxylic acids is 1. The van der Waals surface area contributed by atoms with Gasteiger partial charge in [0, 0.05) is 23.1 Å². The number of methoxy groups -OCH3 is 1. The lowest BCUT2D eigenvalue weighted by atomic mass is 9.94. The van der Waals surface area contributed by atoms with Gasteiger partial charge in [0.2, 0.25) is 0 Å². The normalized spacial score (nSPS) is 18.5.